The standard InChI is InChI=1S/C20H18ClN3O4/c1-11-18(19(24-28-11)14-6-4-5-7-15(14)21)20(26)23-17-10-13(27-3)8-9-16(17)22-12(2)25/h4-10H,1-3H3,(H,22,25)(H,23,26). The van der Waals surface area contributed by atoms with Crippen molar-refractivity contribution in [3.8, 4) is 17.0 Å². The minimum Gasteiger partial charge on any atom is -0.497 e. The summed E-state index contributed by atoms with van der Waals surface area (Å²) >= 11 is 6.25. The van der Waals surface area contributed by atoms with Gasteiger partial charge in [-0.15, -0.1) is 0 Å². The second-order valence-electron chi connectivity index (χ2n) is 5.99. The van der Waals surface area contributed by atoms with Crippen molar-refractivity contribution in [2.75, 3.05) is 17.7 Å². The van der Waals surface area contributed by atoms with Gasteiger partial charge in [-0.3, -0.25) is 9.59 Å². The number of amides is 2. The van der Waals surface area contributed by atoms with E-state index in [2.05, 4.69) is 15.8 Å². The molecular formula is C20H18ClN3O4. The maximum atomic E-state index is 13.0. The predicted octanol–water partition coefficient (Wildman–Crippen LogP) is 4.52. The number of nitrogens with zero attached hydrogens (tertiary/aromatic N) is 1. The minimum atomic E-state index is -0.450. The molecule has 0 radical (unpaired) electrons. The molecule has 0 saturated carbocycles. The first-order valence-electron chi connectivity index (χ1n) is 8.39. The van der Waals surface area contributed by atoms with Crippen LogP contribution in [-0.2, 0) is 4.79 Å². The third-order valence-electron chi connectivity index (χ3n) is 4.00. The highest BCUT2D eigenvalue weighted by Gasteiger charge is 2.24. The normalized spacial score (nSPS) is 10.4. The SMILES string of the molecule is COc1ccc(NC(C)=O)c(NC(=O)c2c(-c3ccccc3Cl)noc2C)c1. The van der Waals surface area contributed by atoms with Crippen molar-refractivity contribution in [2.45, 2.75) is 13.8 Å². The van der Waals surface area contributed by atoms with E-state index in [4.69, 9.17) is 20.9 Å². The summed E-state index contributed by atoms with van der Waals surface area (Å²) in [7, 11) is 1.51. The van der Waals surface area contributed by atoms with Crippen LogP contribution in [0.25, 0.3) is 11.3 Å². The van der Waals surface area contributed by atoms with Gasteiger partial charge in [-0.25, -0.2) is 0 Å². The van der Waals surface area contributed by atoms with E-state index in [9.17, 15) is 9.59 Å². The molecule has 2 aromatic carbocycles. The number of halogens is 1. The number of ether oxygens (including phenoxy) is 1. The molecule has 0 fully saturated rings. The first-order valence-corrected chi connectivity index (χ1v) is 8.76. The smallest absolute Gasteiger partial charge is 0.261 e. The number of rotatable bonds is 5. The van der Waals surface area contributed by atoms with E-state index >= 15 is 0 Å². The number of anilines is 2. The van der Waals surface area contributed by atoms with E-state index in [1.807, 2.05) is 0 Å². The van der Waals surface area contributed by atoms with Crippen molar-refractivity contribution in [1.29, 1.82) is 0 Å². The van der Waals surface area contributed by atoms with Crippen LogP contribution in [0.15, 0.2) is 47.0 Å². The van der Waals surface area contributed by atoms with Crippen LogP contribution in [0.5, 0.6) is 5.75 Å². The molecule has 1 aromatic heterocycles. The van der Waals surface area contributed by atoms with E-state index < -0.39 is 5.91 Å². The molecule has 3 rings (SSSR count). The van der Waals surface area contributed by atoms with E-state index in [1.54, 1.807) is 49.4 Å². The second kappa shape index (κ2) is 8.14. The number of benzene rings is 2. The minimum absolute atomic E-state index is 0.254. The van der Waals surface area contributed by atoms with Crippen LogP contribution in [0.2, 0.25) is 5.02 Å². The molecule has 0 atom stereocenters. The van der Waals surface area contributed by atoms with E-state index in [-0.39, 0.29) is 11.5 Å². The zero-order chi connectivity index (χ0) is 20.3. The van der Waals surface area contributed by atoms with Gasteiger partial charge in [-0.1, -0.05) is 35.0 Å². The third kappa shape index (κ3) is 3.99. The summed E-state index contributed by atoms with van der Waals surface area (Å²) in [5.74, 6) is 0.154. The predicted molar refractivity (Wildman–Crippen MR) is 107 cm³/mol. The number of hydrogen-bond acceptors (Lipinski definition) is 5. The number of carbonyl (C=O) groups is 2. The van der Waals surface area contributed by atoms with Gasteiger partial charge in [0, 0.05) is 18.6 Å². The fourth-order valence-corrected chi connectivity index (χ4v) is 2.94. The fraction of sp³-hybridized carbons (Fsp3) is 0.150. The summed E-state index contributed by atoms with van der Waals surface area (Å²) in [4.78, 5) is 24.5. The van der Waals surface area contributed by atoms with Gasteiger partial charge in [0.2, 0.25) is 5.91 Å². The lowest BCUT2D eigenvalue weighted by molar-refractivity contribution is -0.114. The van der Waals surface area contributed by atoms with Crippen LogP contribution in [0.1, 0.15) is 23.0 Å². The molecule has 0 unspecified atom stereocenters. The molecule has 0 aliphatic carbocycles. The maximum Gasteiger partial charge on any atom is 0.261 e. The zero-order valence-corrected chi connectivity index (χ0v) is 16.3. The number of nitrogens with one attached hydrogen (secondary N) is 2. The molecule has 0 aliphatic rings. The van der Waals surface area contributed by atoms with Crippen molar-refractivity contribution >= 4 is 34.8 Å². The average Bonchev–Trinajstić information content (AvgIpc) is 3.04. The largest absolute Gasteiger partial charge is 0.497 e. The second-order valence-corrected chi connectivity index (χ2v) is 6.40. The number of carbonyl (C=O) groups excluding carboxylic acids is 2. The summed E-state index contributed by atoms with van der Waals surface area (Å²) < 4.78 is 10.4. The molecule has 0 bridgehead atoms. The Morgan fingerprint density at radius 2 is 1.86 bits per heavy atom. The van der Waals surface area contributed by atoms with Crippen molar-refractivity contribution in [2.24, 2.45) is 0 Å². The first-order chi connectivity index (χ1) is 13.4. The van der Waals surface area contributed by atoms with E-state index in [0.29, 0.717) is 39.2 Å². The summed E-state index contributed by atoms with van der Waals surface area (Å²) in [6.07, 6.45) is 0. The van der Waals surface area contributed by atoms with Crippen molar-refractivity contribution in [3.05, 3.63) is 58.8 Å². The van der Waals surface area contributed by atoms with E-state index in [0.717, 1.165) is 0 Å². The lowest BCUT2D eigenvalue weighted by atomic mass is 10.1. The number of methoxy groups -OCH3 is 1. The van der Waals surface area contributed by atoms with Crippen LogP contribution >= 0.6 is 11.6 Å². The molecule has 1 heterocycles. The number of hydrogen-bond donors (Lipinski definition) is 2. The molecule has 28 heavy (non-hydrogen) atoms. The molecule has 7 nitrogen and oxygen atoms in total. The molecule has 0 spiro atoms. The Bertz CT molecular complexity index is 1050. The van der Waals surface area contributed by atoms with Gasteiger partial charge in [0.25, 0.3) is 5.91 Å². The van der Waals surface area contributed by atoms with Crippen LogP contribution in [0.4, 0.5) is 11.4 Å². The molecule has 0 aliphatic heterocycles. The number of aromatic nitrogens is 1. The van der Waals surface area contributed by atoms with Gasteiger partial charge in [0.15, 0.2) is 0 Å². The molecule has 144 valence electrons. The highest BCUT2D eigenvalue weighted by atomic mass is 35.5. The van der Waals surface area contributed by atoms with Crippen molar-refractivity contribution in [1.82, 2.24) is 5.16 Å². The van der Waals surface area contributed by atoms with Crippen LogP contribution < -0.4 is 15.4 Å². The van der Waals surface area contributed by atoms with Crippen LogP contribution in [0, 0.1) is 6.92 Å². The van der Waals surface area contributed by atoms with Gasteiger partial charge in [-0.2, -0.15) is 0 Å². The fourth-order valence-electron chi connectivity index (χ4n) is 2.71. The molecule has 2 N–H and O–H groups in total. The summed E-state index contributed by atoms with van der Waals surface area (Å²) in [5.41, 5.74) is 1.99. The summed E-state index contributed by atoms with van der Waals surface area (Å²) in [6, 6.07) is 12.0. The lowest BCUT2D eigenvalue weighted by Gasteiger charge is -2.13. The van der Waals surface area contributed by atoms with Crippen LogP contribution in [0.3, 0.4) is 0 Å². The Kier molecular flexibility index (Phi) is 5.65. The summed E-state index contributed by atoms with van der Waals surface area (Å²) in [5, 5.41) is 9.91. The Labute approximate surface area is 166 Å². The Hall–Kier alpha value is -3.32. The molecule has 0 saturated heterocycles. The Morgan fingerprint density at radius 1 is 1.11 bits per heavy atom. The zero-order valence-electron chi connectivity index (χ0n) is 15.5. The quantitative estimate of drug-likeness (QED) is 0.657. The van der Waals surface area contributed by atoms with Gasteiger partial charge in [-0.05, 0) is 25.1 Å². The maximum absolute atomic E-state index is 13.0. The third-order valence-corrected chi connectivity index (χ3v) is 4.33. The summed E-state index contributed by atoms with van der Waals surface area (Å²) in [6.45, 7) is 3.03. The van der Waals surface area contributed by atoms with Crippen molar-refractivity contribution < 1.29 is 18.8 Å². The highest BCUT2D eigenvalue weighted by Crippen LogP contribution is 2.33. The average molecular weight is 400 g/mol. The highest BCUT2D eigenvalue weighted by molar-refractivity contribution is 6.33. The van der Waals surface area contributed by atoms with Gasteiger partial charge in [0.1, 0.15) is 22.8 Å². The topological polar surface area (TPSA) is 93.5 Å². The molecule has 2 amide bonds. The first kappa shape index (κ1) is 19.4. The molecular weight excluding hydrogens is 382 g/mol. The monoisotopic (exact) mass is 399 g/mol. The van der Waals surface area contributed by atoms with Gasteiger partial charge in [0.05, 0.1) is 23.5 Å². The Balaban J connectivity index is 2.00. The molecule has 3 aromatic rings. The Morgan fingerprint density at radius 3 is 2.54 bits per heavy atom. The lowest BCUT2D eigenvalue weighted by Crippen LogP contribution is -2.16. The van der Waals surface area contributed by atoms with Gasteiger partial charge >= 0.3 is 0 Å². The van der Waals surface area contributed by atoms with Gasteiger partial charge < -0.3 is 19.9 Å². The molecule has 8 heteroatoms. The van der Waals surface area contributed by atoms with Crippen molar-refractivity contribution in [3.63, 3.8) is 0 Å². The number of aryl methyl sites for hydroxylation is 1. The van der Waals surface area contributed by atoms with E-state index in [1.165, 1.54) is 14.0 Å². The van der Waals surface area contributed by atoms with Crippen LogP contribution in [-0.4, -0.2) is 24.1 Å².